The highest BCUT2D eigenvalue weighted by atomic mass is 16.6. The lowest BCUT2D eigenvalue weighted by atomic mass is 10.00. The third-order valence-electron chi connectivity index (χ3n) is 12.6. The van der Waals surface area contributed by atoms with Gasteiger partial charge in [-0.2, -0.15) is 0 Å². The zero-order chi connectivity index (χ0) is 50.3. The summed E-state index contributed by atoms with van der Waals surface area (Å²) < 4.78 is 33.2. The van der Waals surface area contributed by atoms with Crippen LogP contribution in [0.25, 0.3) is 0 Å². The second kappa shape index (κ2) is 47.5. The molecule has 0 aromatic rings. The Morgan fingerprint density at radius 1 is 0.279 bits per heavy atom. The minimum absolute atomic E-state index is 0.0920. The van der Waals surface area contributed by atoms with Crippen LogP contribution in [-0.2, 0) is 57.2 Å². The molecule has 0 saturated carbocycles. The van der Waals surface area contributed by atoms with Crippen LogP contribution in [0.3, 0.4) is 0 Å². The van der Waals surface area contributed by atoms with Gasteiger partial charge in [0.1, 0.15) is 24.4 Å². The van der Waals surface area contributed by atoms with Crippen molar-refractivity contribution < 1.29 is 57.2 Å². The van der Waals surface area contributed by atoms with E-state index in [0.29, 0.717) is 51.7 Å². The first-order chi connectivity index (χ1) is 32.9. The molecule has 0 bridgehead atoms. The zero-order valence-corrected chi connectivity index (χ0v) is 44.5. The molecule has 4 atom stereocenters. The monoisotopic (exact) mass is 967 g/mol. The predicted molar refractivity (Wildman–Crippen MR) is 271 cm³/mol. The number of rotatable bonds is 49. The van der Waals surface area contributed by atoms with Gasteiger partial charge in [0.2, 0.25) is 0 Å². The summed E-state index contributed by atoms with van der Waals surface area (Å²) in [5, 5.41) is 0. The lowest BCUT2D eigenvalue weighted by molar-refractivity contribution is -0.151. The minimum Gasteiger partial charge on any atom is -0.466 e. The smallest absolute Gasteiger partial charge is 0.305 e. The van der Waals surface area contributed by atoms with E-state index < -0.39 is 0 Å². The molecule has 0 spiro atoms. The lowest BCUT2D eigenvalue weighted by Crippen LogP contribution is -2.22. The van der Waals surface area contributed by atoms with E-state index in [1.54, 1.807) is 0 Å². The molecule has 4 unspecified atom stereocenters. The van der Waals surface area contributed by atoms with Gasteiger partial charge in [-0.25, -0.2) is 0 Å². The normalized spacial score (nSPS) is 13.0. The van der Waals surface area contributed by atoms with Crippen LogP contribution in [0.5, 0.6) is 0 Å². The summed E-state index contributed by atoms with van der Waals surface area (Å²) in [6, 6.07) is 0. The summed E-state index contributed by atoms with van der Waals surface area (Å²) >= 11 is 0. The third-order valence-corrected chi connectivity index (χ3v) is 12.6. The molecule has 0 fully saturated rings. The van der Waals surface area contributed by atoms with Gasteiger partial charge in [0.05, 0.1) is 13.2 Å². The molecule has 0 aliphatic carbocycles. The highest BCUT2D eigenvalue weighted by Crippen LogP contribution is 2.22. The number of carbonyl (C=O) groups excluding carboxylic acids is 6. The van der Waals surface area contributed by atoms with Crippen LogP contribution in [0, 0.1) is 0 Å². The number of esters is 6. The molecule has 0 radical (unpaired) electrons. The Hall–Kier alpha value is -3.18. The summed E-state index contributed by atoms with van der Waals surface area (Å²) in [6.07, 6.45) is 36.4. The van der Waals surface area contributed by atoms with E-state index in [1.807, 2.05) is 0 Å². The second-order valence-corrected chi connectivity index (χ2v) is 19.4. The molecule has 0 aromatic carbocycles. The lowest BCUT2D eigenvalue weighted by Gasteiger charge is -2.21. The molecule has 0 aromatic heterocycles. The van der Waals surface area contributed by atoms with Gasteiger partial charge in [-0.1, -0.05) is 142 Å². The van der Waals surface area contributed by atoms with E-state index in [-0.39, 0.29) is 60.2 Å². The summed E-state index contributed by atoms with van der Waals surface area (Å²) in [6.45, 7) is 11.1. The van der Waals surface area contributed by atoms with Crippen LogP contribution in [0.4, 0.5) is 0 Å². The summed E-state index contributed by atoms with van der Waals surface area (Å²) in [4.78, 5) is 70.9. The van der Waals surface area contributed by atoms with Crippen molar-refractivity contribution in [1.82, 2.24) is 0 Å². The first-order valence-electron chi connectivity index (χ1n) is 27.9. The molecule has 0 N–H and O–H groups in total. The van der Waals surface area contributed by atoms with Crippen molar-refractivity contribution in [3.8, 4) is 0 Å². The molecule has 0 heterocycles. The number of ether oxygens (including phenoxy) is 6. The number of hydrogen-bond donors (Lipinski definition) is 0. The van der Waals surface area contributed by atoms with Crippen LogP contribution in [-0.4, -0.2) is 73.4 Å². The molecule has 0 saturated heterocycles. The third kappa shape index (κ3) is 46.5. The quantitative estimate of drug-likeness (QED) is 0.0323. The zero-order valence-electron chi connectivity index (χ0n) is 44.5. The molecule has 0 amide bonds. The van der Waals surface area contributed by atoms with E-state index in [2.05, 4.69) is 13.8 Å². The van der Waals surface area contributed by atoms with Crippen LogP contribution in [0.15, 0.2) is 0 Å². The van der Waals surface area contributed by atoms with Crippen LogP contribution in [0.1, 0.15) is 286 Å². The van der Waals surface area contributed by atoms with E-state index in [1.165, 1.54) is 66.2 Å². The van der Waals surface area contributed by atoms with Gasteiger partial charge in [-0.15, -0.1) is 0 Å². The molecule has 0 aliphatic rings. The van der Waals surface area contributed by atoms with Crippen molar-refractivity contribution in [2.45, 2.75) is 310 Å². The van der Waals surface area contributed by atoms with Gasteiger partial charge in [0.15, 0.2) is 0 Å². The van der Waals surface area contributed by atoms with Crippen LogP contribution in [0.2, 0.25) is 0 Å². The Balaban J connectivity index is 3.76. The Morgan fingerprint density at radius 2 is 0.500 bits per heavy atom. The van der Waals surface area contributed by atoms with E-state index >= 15 is 0 Å². The van der Waals surface area contributed by atoms with E-state index in [4.69, 9.17) is 28.4 Å². The first kappa shape index (κ1) is 64.8. The van der Waals surface area contributed by atoms with Crippen molar-refractivity contribution in [1.29, 1.82) is 0 Å². The van der Waals surface area contributed by atoms with Crippen LogP contribution >= 0.6 is 0 Å². The highest BCUT2D eigenvalue weighted by molar-refractivity contribution is 5.69. The largest absolute Gasteiger partial charge is 0.466 e. The maximum Gasteiger partial charge on any atom is 0.305 e. The molecule has 0 aliphatic heterocycles. The SMILES string of the molecule is CCCCCCC(CCC(CCCCCCCC(=O)OCCCCCCCCCCCCOC(=O)CCCCCCCCC(CCC(CCCCC)OC(C)=O)OC(C)=O)OC(C)=O)OC(C)=O. The maximum absolute atomic E-state index is 12.2. The molecule has 68 heavy (non-hydrogen) atoms. The van der Waals surface area contributed by atoms with Gasteiger partial charge < -0.3 is 28.4 Å². The first-order valence-corrected chi connectivity index (χ1v) is 27.9. The van der Waals surface area contributed by atoms with E-state index in [9.17, 15) is 28.8 Å². The molecule has 12 heteroatoms. The van der Waals surface area contributed by atoms with Gasteiger partial charge >= 0.3 is 35.8 Å². The van der Waals surface area contributed by atoms with Gasteiger partial charge in [0, 0.05) is 40.5 Å². The fourth-order valence-electron chi connectivity index (χ4n) is 8.81. The number of hydrogen-bond acceptors (Lipinski definition) is 12. The second-order valence-electron chi connectivity index (χ2n) is 19.4. The fraction of sp³-hybridized carbons (Fsp3) is 0.893. The molecule has 398 valence electrons. The van der Waals surface area contributed by atoms with Crippen LogP contribution < -0.4 is 0 Å². The Kier molecular flexibility index (Phi) is 45.3. The Labute approximate surface area is 414 Å². The summed E-state index contributed by atoms with van der Waals surface area (Å²) in [5.74, 6) is -1.25. The molecular weight excluding hydrogens is 865 g/mol. The summed E-state index contributed by atoms with van der Waals surface area (Å²) in [5.41, 5.74) is 0. The van der Waals surface area contributed by atoms with Crippen molar-refractivity contribution in [2.75, 3.05) is 13.2 Å². The van der Waals surface area contributed by atoms with E-state index in [0.717, 1.165) is 167 Å². The Morgan fingerprint density at radius 3 is 0.779 bits per heavy atom. The fourth-order valence-corrected chi connectivity index (χ4v) is 8.81. The predicted octanol–water partition coefficient (Wildman–Crippen LogP) is 14.7. The minimum atomic E-state index is -0.273. The average molecular weight is 967 g/mol. The van der Waals surface area contributed by atoms with Crippen molar-refractivity contribution >= 4 is 35.8 Å². The van der Waals surface area contributed by atoms with Crippen molar-refractivity contribution in [3.63, 3.8) is 0 Å². The van der Waals surface area contributed by atoms with Crippen molar-refractivity contribution in [3.05, 3.63) is 0 Å². The van der Waals surface area contributed by atoms with Crippen molar-refractivity contribution in [2.24, 2.45) is 0 Å². The molecular formula is C56H102O12. The topological polar surface area (TPSA) is 158 Å². The average Bonchev–Trinajstić information content (AvgIpc) is 3.28. The molecule has 0 rings (SSSR count). The van der Waals surface area contributed by atoms with Gasteiger partial charge in [-0.3, -0.25) is 28.8 Å². The number of carbonyl (C=O) groups is 6. The summed E-state index contributed by atoms with van der Waals surface area (Å²) in [7, 11) is 0. The molecule has 12 nitrogen and oxygen atoms in total. The van der Waals surface area contributed by atoms with Gasteiger partial charge in [-0.05, 0) is 103 Å². The Bertz CT molecular complexity index is 1250. The number of unbranched alkanes of at least 4 members (excludes halogenated alkanes) is 23. The van der Waals surface area contributed by atoms with Gasteiger partial charge in [0.25, 0.3) is 0 Å². The highest BCUT2D eigenvalue weighted by Gasteiger charge is 2.20. The maximum atomic E-state index is 12.2. The standard InChI is InChI=1S/C56H102O12/c1-7-9-11-28-36-52(66-48(4)58)43-44-54(68-50(6)60)38-30-22-20-24-32-40-56(62)64-46-34-26-19-15-13-12-14-18-25-33-45-63-55(61)39-31-23-17-16-21-29-37-53(67-49(5)59)42-41-51(65-47(3)57)35-27-10-8-2/h51-54H,7-46H2,1-6H3.